The van der Waals surface area contributed by atoms with E-state index < -0.39 is 11.6 Å². The Kier molecular flexibility index (Phi) is 7.54. The lowest BCUT2D eigenvalue weighted by Gasteiger charge is -2.33. The third kappa shape index (κ3) is 5.65. The van der Waals surface area contributed by atoms with Gasteiger partial charge in [0.15, 0.2) is 0 Å². The number of thiophene rings is 1. The van der Waals surface area contributed by atoms with Crippen molar-refractivity contribution in [1.29, 1.82) is 0 Å². The summed E-state index contributed by atoms with van der Waals surface area (Å²) in [5.74, 6) is -0.0702. The maximum Gasteiger partial charge on any atom is 0.249 e. The van der Waals surface area contributed by atoms with Gasteiger partial charge in [0.2, 0.25) is 11.8 Å². The predicted octanol–water partition coefficient (Wildman–Crippen LogP) is 5.70. The van der Waals surface area contributed by atoms with Crippen LogP contribution in [0.1, 0.15) is 63.4 Å². The number of para-hydroxylation sites is 1. The van der Waals surface area contributed by atoms with E-state index in [-0.39, 0.29) is 18.4 Å². The normalized spacial score (nSPS) is 13.4. The molecule has 8 heteroatoms. The largest absolute Gasteiger partial charge is 0.349 e. The average molecular weight is 504 g/mol. The SMILES string of the molecule is CC[C@@H](C)c1ccc(N(C(=O)Cn2nnc3ccccc32)[C@@H](C(=O)NC(C)(C)C)c2cccs2)cc1. The Labute approximate surface area is 216 Å². The van der Waals surface area contributed by atoms with Crippen LogP contribution < -0.4 is 10.2 Å². The molecule has 0 fully saturated rings. The molecule has 4 rings (SSSR count). The zero-order chi connectivity index (χ0) is 25.9. The lowest BCUT2D eigenvalue weighted by molar-refractivity contribution is -0.127. The van der Waals surface area contributed by atoms with Gasteiger partial charge >= 0.3 is 0 Å². The number of aromatic nitrogens is 3. The van der Waals surface area contributed by atoms with E-state index in [4.69, 9.17) is 0 Å². The lowest BCUT2D eigenvalue weighted by atomic mass is 9.98. The summed E-state index contributed by atoms with van der Waals surface area (Å²) >= 11 is 1.46. The highest BCUT2D eigenvalue weighted by atomic mass is 32.1. The third-order valence-corrected chi connectivity index (χ3v) is 7.07. The van der Waals surface area contributed by atoms with Gasteiger partial charge in [-0.05, 0) is 74.4 Å². The third-order valence-electron chi connectivity index (χ3n) is 6.14. The molecule has 2 aromatic carbocycles. The topological polar surface area (TPSA) is 80.1 Å². The second-order valence-corrected chi connectivity index (χ2v) is 11.0. The molecule has 188 valence electrons. The van der Waals surface area contributed by atoms with E-state index in [0.717, 1.165) is 22.3 Å². The van der Waals surface area contributed by atoms with Crippen molar-refractivity contribution in [2.24, 2.45) is 0 Å². The number of nitrogens with one attached hydrogen (secondary N) is 1. The van der Waals surface area contributed by atoms with Crippen LogP contribution in [-0.4, -0.2) is 32.3 Å². The minimum Gasteiger partial charge on any atom is -0.349 e. The number of anilines is 1. The molecule has 2 amide bonds. The molecule has 0 saturated heterocycles. The Balaban J connectivity index is 1.78. The summed E-state index contributed by atoms with van der Waals surface area (Å²) in [5, 5.41) is 13.4. The van der Waals surface area contributed by atoms with Crippen LogP contribution in [0.3, 0.4) is 0 Å². The van der Waals surface area contributed by atoms with Crippen LogP contribution in [0.2, 0.25) is 0 Å². The standard InChI is InChI=1S/C28H33N5O2S/c1-6-19(2)20-13-15-21(16-14-20)33(25(34)18-32-23-11-8-7-10-22(23)30-31-32)26(24-12-9-17-36-24)27(35)29-28(3,4)5/h7-17,19,26H,6,18H2,1-5H3,(H,29,35)/t19-,26-/m1/s1. The number of rotatable bonds is 8. The first-order valence-corrected chi connectivity index (χ1v) is 13.1. The summed E-state index contributed by atoms with van der Waals surface area (Å²) in [7, 11) is 0. The maximum absolute atomic E-state index is 14.0. The fourth-order valence-electron chi connectivity index (χ4n) is 4.13. The maximum atomic E-state index is 14.0. The van der Waals surface area contributed by atoms with Gasteiger partial charge in [-0.25, -0.2) is 4.68 Å². The monoisotopic (exact) mass is 503 g/mol. The summed E-state index contributed by atoms with van der Waals surface area (Å²) in [6, 6.07) is 18.5. The molecule has 0 unspecified atom stereocenters. The van der Waals surface area contributed by atoms with Crippen molar-refractivity contribution in [2.75, 3.05) is 4.90 Å². The molecule has 0 aliphatic heterocycles. The summed E-state index contributed by atoms with van der Waals surface area (Å²) in [4.78, 5) is 30.1. The molecule has 7 nitrogen and oxygen atoms in total. The predicted molar refractivity (Wildman–Crippen MR) is 145 cm³/mol. The van der Waals surface area contributed by atoms with Crippen molar-refractivity contribution in [2.45, 2.75) is 65.1 Å². The zero-order valence-corrected chi connectivity index (χ0v) is 22.2. The molecule has 2 heterocycles. The van der Waals surface area contributed by atoms with E-state index in [2.05, 4.69) is 29.5 Å². The Bertz CT molecular complexity index is 1320. The number of carbonyl (C=O) groups excluding carboxylic acids is 2. The molecule has 2 atom stereocenters. The number of amides is 2. The van der Waals surface area contributed by atoms with Gasteiger partial charge in [-0.2, -0.15) is 0 Å². The first kappa shape index (κ1) is 25.6. The van der Waals surface area contributed by atoms with Crippen LogP contribution in [0.25, 0.3) is 11.0 Å². The first-order valence-electron chi connectivity index (χ1n) is 12.2. The molecule has 1 N–H and O–H groups in total. The number of hydrogen-bond donors (Lipinski definition) is 1. The van der Waals surface area contributed by atoms with Crippen molar-refractivity contribution in [3.8, 4) is 0 Å². The van der Waals surface area contributed by atoms with Crippen LogP contribution >= 0.6 is 11.3 Å². The van der Waals surface area contributed by atoms with Gasteiger partial charge < -0.3 is 5.32 Å². The van der Waals surface area contributed by atoms with E-state index in [1.165, 1.54) is 16.9 Å². The van der Waals surface area contributed by atoms with Crippen molar-refractivity contribution in [1.82, 2.24) is 20.3 Å². The van der Waals surface area contributed by atoms with Crippen molar-refractivity contribution < 1.29 is 9.59 Å². The van der Waals surface area contributed by atoms with Gasteiger partial charge in [-0.1, -0.05) is 49.4 Å². The summed E-state index contributed by atoms with van der Waals surface area (Å²) in [6.45, 7) is 10.1. The van der Waals surface area contributed by atoms with Crippen molar-refractivity contribution >= 4 is 39.9 Å². The van der Waals surface area contributed by atoms with E-state index in [9.17, 15) is 9.59 Å². The van der Waals surface area contributed by atoms with Gasteiger partial charge in [-0.15, -0.1) is 16.4 Å². The Morgan fingerprint density at radius 1 is 1.06 bits per heavy atom. The fourth-order valence-corrected chi connectivity index (χ4v) is 4.95. The van der Waals surface area contributed by atoms with Gasteiger partial charge in [0.25, 0.3) is 0 Å². The number of carbonyl (C=O) groups is 2. The minimum absolute atomic E-state index is 0.0434. The molecule has 2 aromatic heterocycles. The van der Waals surface area contributed by atoms with Gasteiger partial charge in [0, 0.05) is 16.1 Å². The Hall–Kier alpha value is -3.52. The number of fused-ring (bicyclic) bond motifs is 1. The van der Waals surface area contributed by atoms with Crippen LogP contribution in [0, 0.1) is 0 Å². The highest BCUT2D eigenvalue weighted by Gasteiger charge is 2.35. The number of hydrogen-bond acceptors (Lipinski definition) is 5. The minimum atomic E-state index is -0.819. The molecular formula is C28H33N5O2S. The van der Waals surface area contributed by atoms with Crippen LogP contribution in [-0.2, 0) is 16.1 Å². The summed E-state index contributed by atoms with van der Waals surface area (Å²) in [6.07, 6.45) is 1.02. The molecule has 0 aliphatic rings. The molecule has 0 radical (unpaired) electrons. The zero-order valence-electron chi connectivity index (χ0n) is 21.4. The quantitative estimate of drug-likeness (QED) is 0.335. The highest BCUT2D eigenvalue weighted by molar-refractivity contribution is 7.10. The molecule has 36 heavy (non-hydrogen) atoms. The van der Waals surface area contributed by atoms with Crippen LogP contribution in [0.4, 0.5) is 5.69 Å². The molecule has 0 bridgehead atoms. The molecule has 4 aromatic rings. The van der Waals surface area contributed by atoms with E-state index in [0.29, 0.717) is 11.6 Å². The second kappa shape index (κ2) is 10.6. The lowest BCUT2D eigenvalue weighted by Crippen LogP contribution is -2.50. The number of nitrogens with zero attached hydrogens (tertiary/aromatic N) is 4. The fraction of sp³-hybridized carbons (Fsp3) is 0.357. The molecule has 0 saturated carbocycles. The van der Waals surface area contributed by atoms with Crippen molar-refractivity contribution in [3.63, 3.8) is 0 Å². The molecular weight excluding hydrogens is 470 g/mol. The molecule has 0 aliphatic carbocycles. The van der Waals surface area contributed by atoms with Crippen LogP contribution in [0.15, 0.2) is 66.0 Å². The second-order valence-electron chi connectivity index (χ2n) is 10.1. The van der Waals surface area contributed by atoms with Crippen LogP contribution in [0.5, 0.6) is 0 Å². The smallest absolute Gasteiger partial charge is 0.249 e. The first-order chi connectivity index (χ1) is 17.2. The summed E-state index contributed by atoms with van der Waals surface area (Å²) < 4.78 is 1.59. The van der Waals surface area contributed by atoms with E-state index >= 15 is 0 Å². The Morgan fingerprint density at radius 3 is 2.42 bits per heavy atom. The number of benzene rings is 2. The van der Waals surface area contributed by atoms with Gasteiger partial charge in [-0.3, -0.25) is 14.5 Å². The highest BCUT2D eigenvalue weighted by Crippen LogP contribution is 2.33. The molecule has 0 spiro atoms. The van der Waals surface area contributed by atoms with E-state index in [1.54, 1.807) is 9.58 Å². The van der Waals surface area contributed by atoms with Gasteiger partial charge in [0.05, 0.1) is 5.52 Å². The summed E-state index contributed by atoms with van der Waals surface area (Å²) in [5.41, 5.74) is 2.89. The van der Waals surface area contributed by atoms with Crippen molar-refractivity contribution in [3.05, 3.63) is 76.5 Å². The average Bonchev–Trinajstić information content (AvgIpc) is 3.51. The van der Waals surface area contributed by atoms with Gasteiger partial charge in [0.1, 0.15) is 18.1 Å². The van der Waals surface area contributed by atoms with E-state index in [1.807, 2.05) is 86.8 Å². The Morgan fingerprint density at radius 2 is 1.78 bits per heavy atom.